The number of nitrogens with zero attached hydrogens (tertiary/aromatic N) is 3. The highest BCUT2D eigenvalue weighted by molar-refractivity contribution is 5.82. The minimum Gasteiger partial charge on any atom is -0.481 e. The highest BCUT2D eigenvalue weighted by atomic mass is 16.4. The lowest BCUT2D eigenvalue weighted by Gasteiger charge is -2.05. The molecule has 0 saturated heterocycles. The first-order chi connectivity index (χ1) is 15.7. The molecule has 0 aliphatic carbocycles. The Morgan fingerprint density at radius 3 is 2.62 bits per heavy atom. The highest BCUT2D eigenvalue weighted by Gasteiger charge is 2.04. The third kappa shape index (κ3) is 5.48. The lowest BCUT2D eigenvalue weighted by atomic mass is 10.2. The van der Waals surface area contributed by atoms with Crippen molar-refractivity contribution in [3.05, 3.63) is 84.6 Å². The van der Waals surface area contributed by atoms with Gasteiger partial charge in [-0.15, -0.1) is 0 Å². The van der Waals surface area contributed by atoms with Gasteiger partial charge < -0.3 is 20.4 Å². The molecule has 0 unspecified atom stereocenters. The van der Waals surface area contributed by atoms with Gasteiger partial charge in [-0.3, -0.25) is 4.79 Å². The van der Waals surface area contributed by atoms with Gasteiger partial charge in [-0.2, -0.15) is 0 Å². The molecule has 0 fully saturated rings. The number of benzene rings is 2. The zero-order valence-electron chi connectivity index (χ0n) is 17.5. The van der Waals surface area contributed by atoms with Crippen molar-refractivity contribution < 1.29 is 9.90 Å². The van der Waals surface area contributed by atoms with E-state index >= 15 is 0 Å². The Hall–Kier alpha value is -4.20. The molecule has 4 N–H and O–H groups in total. The molecule has 8 nitrogen and oxygen atoms in total. The molecule has 5 rings (SSSR count). The SMILES string of the molecule is O=C(O)CCCc1cc2ccccc2[nH]1.c1ccc(CNc2ncnc3nc[nH]c23)cc1. The van der Waals surface area contributed by atoms with Crippen LogP contribution in [0.25, 0.3) is 22.1 Å². The van der Waals surface area contributed by atoms with Gasteiger partial charge in [0, 0.05) is 24.2 Å². The van der Waals surface area contributed by atoms with Crippen LogP contribution in [0.15, 0.2) is 73.3 Å². The van der Waals surface area contributed by atoms with Crippen molar-refractivity contribution in [2.45, 2.75) is 25.8 Å². The van der Waals surface area contributed by atoms with Gasteiger partial charge in [0.1, 0.15) is 11.8 Å². The smallest absolute Gasteiger partial charge is 0.303 e. The molecule has 32 heavy (non-hydrogen) atoms. The molecule has 3 aromatic heterocycles. The molecule has 162 valence electrons. The number of rotatable bonds is 7. The normalized spacial score (nSPS) is 10.6. The molecule has 0 aliphatic heterocycles. The van der Waals surface area contributed by atoms with Crippen LogP contribution >= 0.6 is 0 Å². The van der Waals surface area contributed by atoms with Gasteiger partial charge in [0.15, 0.2) is 11.5 Å². The number of carbonyl (C=O) groups is 1. The molecule has 8 heteroatoms. The predicted molar refractivity (Wildman–Crippen MR) is 124 cm³/mol. The molecule has 0 amide bonds. The van der Waals surface area contributed by atoms with Crippen molar-refractivity contribution >= 4 is 33.9 Å². The molecule has 0 radical (unpaired) electrons. The lowest BCUT2D eigenvalue weighted by Crippen LogP contribution is -2.02. The first-order valence-corrected chi connectivity index (χ1v) is 10.4. The minimum absolute atomic E-state index is 0.232. The van der Waals surface area contributed by atoms with Gasteiger partial charge in [0.2, 0.25) is 0 Å². The summed E-state index contributed by atoms with van der Waals surface area (Å²) in [6.07, 6.45) is 4.84. The Balaban J connectivity index is 0.000000155. The zero-order valence-corrected chi connectivity index (χ0v) is 17.5. The molecule has 0 aliphatic rings. The number of aliphatic carboxylic acids is 1. The molecule has 2 aromatic carbocycles. The summed E-state index contributed by atoms with van der Waals surface area (Å²) in [5.41, 5.74) is 4.94. The number of carboxylic acids is 1. The topological polar surface area (TPSA) is 120 Å². The fourth-order valence-electron chi connectivity index (χ4n) is 3.38. The van der Waals surface area contributed by atoms with Crippen LogP contribution in [0, 0.1) is 0 Å². The van der Waals surface area contributed by atoms with Gasteiger partial charge >= 0.3 is 5.97 Å². The van der Waals surface area contributed by atoms with Crippen LogP contribution in [-0.4, -0.2) is 36.0 Å². The summed E-state index contributed by atoms with van der Waals surface area (Å²) < 4.78 is 0. The molecule has 5 aromatic rings. The maximum absolute atomic E-state index is 10.4. The molecular weight excluding hydrogens is 404 g/mol. The number of hydrogen-bond acceptors (Lipinski definition) is 5. The molecular formula is C24H24N6O2. The number of H-pyrrole nitrogens is 2. The van der Waals surface area contributed by atoms with E-state index in [1.807, 2.05) is 42.5 Å². The van der Waals surface area contributed by atoms with E-state index in [0.717, 1.165) is 35.5 Å². The number of aromatic nitrogens is 5. The second-order valence-electron chi connectivity index (χ2n) is 7.29. The third-order valence-corrected chi connectivity index (χ3v) is 4.95. The van der Waals surface area contributed by atoms with Crippen molar-refractivity contribution in [3.63, 3.8) is 0 Å². The Morgan fingerprint density at radius 1 is 1.00 bits per heavy atom. The molecule has 0 saturated carbocycles. The Kier molecular flexibility index (Phi) is 6.72. The van der Waals surface area contributed by atoms with E-state index in [-0.39, 0.29) is 6.42 Å². The largest absolute Gasteiger partial charge is 0.481 e. The number of imidazole rings is 1. The van der Waals surface area contributed by atoms with Crippen LogP contribution in [0.1, 0.15) is 24.1 Å². The maximum atomic E-state index is 10.4. The van der Waals surface area contributed by atoms with E-state index in [1.54, 1.807) is 6.33 Å². The second-order valence-corrected chi connectivity index (χ2v) is 7.29. The van der Waals surface area contributed by atoms with E-state index in [0.29, 0.717) is 12.1 Å². The minimum atomic E-state index is -0.730. The molecule has 0 spiro atoms. The summed E-state index contributed by atoms with van der Waals surface area (Å²) >= 11 is 0. The predicted octanol–water partition coefficient (Wildman–Crippen LogP) is 4.54. The first-order valence-electron chi connectivity index (χ1n) is 10.4. The number of anilines is 1. The summed E-state index contributed by atoms with van der Waals surface area (Å²) in [6, 6.07) is 20.3. The van der Waals surface area contributed by atoms with Gasteiger partial charge in [-0.05, 0) is 35.9 Å². The van der Waals surface area contributed by atoms with E-state index in [4.69, 9.17) is 5.11 Å². The Morgan fingerprint density at radius 2 is 1.81 bits per heavy atom. The number of aromatic amines is 2. The highest BCUT2D eigenvalue weighted by Crippen LogP contribution is 2.16. The molecule has 0 atom stereocenters. The Labute approximate surface area is 184 Å². The summed E-state index contributed by atoms with van der Waals surface area (Å²) in [4.78, 5) is 29.0. The number of hydrogen-bond donors (Lipinski definition) is 4. The van der Waals surface area contributed by atoms with E-state index < -0.39 is 5.97 Å². The summed E-state index contributed by atoms with van der Waals surface area (Å²) in [5.74, 6) is 0.0439. The Bertz CT molecular complexity index is 1260. The average molecular weight is 428 g/mol. The number of fused-ring (bicyclic) bond motifs is 2. The van der Waals surface area contributed by atoms with Crippen molar-refractivity contribution in [2.75, 3.05) is 5.32 Å². The van der Waals surface area contributed by atoms with Crippen LogP contribution < -0.4 is 5.32 Å². The zero-order chi connectivity index (χ0) is 22.2. The van der Waals surface area contributed by atoms with E-state index in [9.17, 15) is 4.79 Å². The van der Waals surface area contributed by atoms with Crippen LogP contribution in [0.5, 0.6) is 0 Å². The summed E-state index contributed by atoms with van der Waals surface area (Å²) in [7, 11) is 0. The number of aryl methyl sites for hydroxylation is 1. The monoisotopic (exact) mass is 428 g/mol. The van der Waals surface area contributed by atoms with Crippen LogP contribution in [0.2, 0.25) is 0 Å². The van der Waals surface area contributed by atoms with Crippen LogP contribution in [-0.2, 0) is 17.8 Å². The van der Waals surface area contributed by atoms with Crippen molar-refractivity contribution in [3.8, 4) is 0 Å². The quantitative estimate of drug-likeness (QED) is 0.302. The van der Waals surface area contributed by atoms with Crippen LogP contribution in [0.3, 0.4) is 0 Å². The first kappa shape index (κ1) is 21.0. The number of para-hydroxylation sites is 1. The molecule has 3 heterocycles. The van der Waals surface area contributed by atoms with Gasteiger partial charge in [-0.25, -0.2) is 15.0 Å². The standard InChI is InChI=1S/C12H11N5.C12H13NO2/c1-2-4-9(5-3-1)6-13-11-10-12(15-7-14-10)17-8-16-11;14-12(15)7-3-5-10-8-9-4-1-2-6-11(9)13-10/h1-5,7-8H,6H2,(H2,13,14,15,16,17);1-2,4,6,8,13H,3,5,7H2,(H,14,15). The fourth-order valence-corrected chi connectivity index (χ4v) is 3.38. The lowest BCUT2D eigenvalue weighted by molar-refractivity contribution is -0.137. The van der Waals surface area contributed by atoms with E-state index in [1.165, 1.54) is 17.3 Å². The van der Waals surface area contributed by atoms with E-state index in [2.05, 4.69) is 48.4 Å². The van der Waals surface area contributed by atoms with Crippen molar-refractivity contribution in [2.24, 2.45) is 0 Å². The van der Waals surface area contributed by atoms with Gasteiger partial charge in [0.05, 0.1) is 6.33 Å². The van der Waals surface area contributed by atoms with Crippen LogP contribution in [0.4, 0.5) is 5.82 Å². The number of carboxylic acid groups (broad SMARTS) is 1. The van der Waals surface area contributed by atoms with Gasteiger partial charge in [-0.1, -0.05) is 48.5 Å². The summed E-state index contributed by atoms with van der Waals surface area (Å²) in [5, 5.41) is 13.0. The number of nitrogens with one attached hydrogen (secondary N) is 3. The van der Waals surface area contributed by atoms with Gasteiger partial charge in [0.25, 0.3) is 0 Å². The molecule has 0 bridgehead atoms. The second kappa shape index (κ2) is 10.2. The fraction of sp³-hybridized carbons (Fsp3) is 0.167. The summed E-state index contributed by atoms with van der Waals surface area (Å²) in [6.45, 7) is 0.728. The van der Waals surface area contributed by atoms with Crippen molar-refractivity contribution in [1.82, 2.24) is 24.9 Å². The maximum Gasteiger partial charge on any atom is 0.303 e. The van der Waals surface area contributed by atoms with Crippen molar-refractivity contribution in [1.29, 1.82) is 0 Å². The third-order valence-electron chi connectivity index (χ3n) is 4.95. The average Bonchev–Trinajstić information content (AvgIpc) is 3.45.